The summed E-state index contributed by atoms with van der Waals surface area (Å²) < 4.78 is 35.4. The zero-order valence-electron chi connectivity index (χ0n) is 30.2. The second-order valence-electron chi connectivity index (χ2n) is 14.1. The van der Waals surface area contributed by atoms with Gasteiger partial charge in [0, 0.05) is 101 Å². The van der Waals surface area contributed by atoms with Crippen LogP contribution in [0.5, 0.6) is 46.0 Å². The molecule has 3 aromatic heterocycles. The van der Waals surface area contributed by atoms with Crippen LogP contribution in [0.15, 0.2) is 126 Å². The summed E-state index contributed by atoms with van der Waals surface area (Å²) in [5.41, 5.74) is 8.99. The molecule has 59 heavy (non-hydrogen) atoms. The van der Waals surface area contributed by atoms with Crippen LogP contribution in [0.25, 0.3) is 33.8 Å². The fraction of sp³-hybridized carbons (Fsp3) is 0. The van der Waals surface area contributed by atoms with Gasteiger partial charge in [-0.2, -0.15) is 22.3 Å². The van der Waals surface area contributed by atoms with Crippen LogP contribution in [0, 0.1) is 36.6 Å². The van der Waals surface area contributed by atoms with Crippen molar-refractivity contribution in [1.82, 2.24) is 19.6 Å². The van der Waals surface area contributed by atoms with Gasteiger partial charge >= 0.3 is 0 Å². The summed E-state index contributed by atoms with van der Waals surface area (Å²) >= 11 is 0. The Bertz CT molecular complexity index is 2900. The van der Waals surface area contributed by atoms with E-state index in [9.17, 15) is 0 Å². The SMILES string of the molecule is [Pt].[Pt].[c-]1oc(-c2[c-]c3c(cc2)Oc2cccc4c2B3c2[c-]c(-n3cccn3)ccc2O4)[c-]c1-c1[c-]c2c(cc1)Oc1cccc3c1B2c1[c-]c(-n2cccn2)ccc1O3. The quantitative estimate of drug-likeness (QED) is 0.176. The first kappa shape index (κ1) is 35.9. The van der Waals surface area contributed by atoms with E-state index in [1.807, 2.05) is 109 Å². The van der Waals surface area contributed by atoms with E-state index in [-0.39, 0.29) is 55.6 Å². The van der Waals surface area contributed by atoms with E-state index in [1.165, 1.54) is 0 Å². The van der Waals surface area contributed by atoms with E-state index in [0.717, 1.165) is 84.2 Å². The molecule has 6 aromatic carbocycles. The Labute approximate surface area is 367 Å². The van der Waals surface area contributed by atoms with Crippen LogP contribution in [-0.4, -0.2) is 33.0 Å². The van der Waals surface area contributed by atoms with Crippen molar-refractivity contribution in [3.63, 3.8) is 0 Å². The second-order valence-corrected chi connectivity index (χ2v) is 14.1. The van der Waals surface area contributed by atoms with Gasteiger partial charge in [-0.25, -0.2) is 12.1 Å². The van der Waals surface area contributed by atoms with Crippen LogP contribution in [-0.2, 0) is 42.1 Å². The van der Waals surface area contributed by atoms with Crippen molar-refractivity contribution in [3.05, 3.63) is 158 Å². The summed E-state index contributed by atoms with van der Waals surface area (Å²) in [4.78, 5) is 0. The van der Waals surface area contributed by atoms with Gasteiger partial charge < -0.3 is 40.6 Å². The topological polar surface area (TPSA) is 85.7 Å². The maximum atomic E-state index is 6.45. The summed E-state index contributed by atoms with van der Waals surface area (Å²) in [7, 11) is 0. The Balaban J connectivity index is 0.00000198. The van der Waals surface area contributed by atoms with Gasteiger partial charge in [0.05, 0.1) is 0 Å². The number of hydrogen-bond acceptors (Lipinski definition) is 7. The summed E-state index contributed by atoms with van der Waals surface area (Å²) in [6.07, 6.45) is 10.4. The Morgan fingerprint density at radius 1 is 0.441 bits per heavy atom. The molecule has 0 spiro atoms. The molecular weight excluding hydrogens is 1100 g/mol. The predicted molar refractivity (Wildman–Crippen MR) is 212 cm³/mol. The second kappa shape index (κ2) is 13.7. The Hall–Kier alpha value is -6.27. The van der Waals surface area contributed by atoms with Crippen LogP contribution >= 0.6 is 0 Å². The van der Waals surface area contributed by atoms with Crippen LogP contribution < -0.4 is 51.7 Å². The minimum atomic E-state index is -0.257. The maximum Gasteiger partial charge on any atom is 0.214 e. The number of rotatable bonds is 4. The van der Waals surface area contributed by atoms with Gasteiger partial charge in [-0.1, -0.05) is 17.9 Å². The van der Waals surface area contributed by atoms with Gasteiger partial charge in [0.15, 0.2) is 0 Å². The maximum absolute atomic E-state index is 6.45. The normalized spacial score (nSPS) is 12.9. The number of furan rings is 1. The molecule has 0 fully saturated rings. The number of aromatic nitrogens is 4. The van der Waals surface area contributed by atoms with Crippen LogP contribution in [0.2, 0.25) is 0 Å². The van der Waals surface area contributed by atoms with Crippen molar-refractivity contribution in [3.8, 4) is 79.8 Å². The molecule has 0 aliphatic carbocycles. The monoisotopic (exact) mass is 1120 g/mol. The fourth-order valence-electron chi connectivity index (χ4n) is 8.37. The van der Waals surface area contributed by atoms with Crippen molar-refractivity contribution in [2.45, 2.75) is 0 Å². The van der Waals surface area contributed by atoms with Crippen molar-refractivity contribution in [2.24, 2.45) is 0 Å². The van der Waals surface area contributed by atoms with E-state index < -0.39 is 0 Å². The largest absolute Gasteiger partial charge is 0.631 e. The first-order chi connectivity index (χ1) is 28.2. The summed E-state index contributed by atoms with van der Waals surface area (Å²) in [5.74, 6) is 6.27. The average molecular weight is 1120 g/mol. The molecule has 4 aliphatic heterocycles. The third-order valence-electron chi connectivity index (χ3n) is 10.9. The van der Waals surface area contributed by atoms with Gasteiger partial charge in [0.25, 0.3) is 0 Å². The Morgan fingerprint density at radius 2 is 0.881 bits per heavy atom. The Morgan fingerprint density at radius 3 is 1.36 bits per heavy atom. The number of fused-ring (bicyclic) bond motifs is 8. The summed E-state index contributed by atoms with van der Waals surface area (Å²) in [6, 6.07) is 49.1. The first-order valence-electron chi connectivity index (χ1n) is 18.4. The van der Waals surface area contributed by atoms with Gasteiger partial charge in [-0.05, 0) is 47.8 Å². The molecule has 0 unspecified atom stereocenters. The summed E-state index contributed by atoms with van der Waals surface area (Å²) in [5, 5.41) is 8.87. The van der Waals surface area contributed by atoms with Crippen LogP contribution in [0.3, 0.4) is 0 Å². The molecule has 0 radical (unpaired) electrons. The minimum Gasteiger partial charge on any atom is -0.631 e. The molecule has 9 nitrogen and oxygen atoms in total. The molecule has 0 bridgehead atoms. The van der Waals surface area contributed by atoms with E-state index in [2.05, 4.69) is 46.8 Å². The summed E-state index contributed by atoms with van der Waals surface area (Å²) in [6.45, 7) is -0.507. The standard InChI is InChI=1S/C46H20B2N4O5.2Pt/c1-5-40-45-42(7-1)56-38-15-11-30(51-19-3-17-49-51)24-34(38)47(45)32-21-27(9-13-36(32)54-40)29-23-44(53-26-29)28-10-14-37-33(22-28)48-35-25-31(52-20-4-18-50-52)12-16-39(35)57-43-8-2-6-41(55-37)46(43)48;;/h1-20H;;/q-6;;. The molecule has 13 heteroatoms. The number of hydrogen-bond donors (Lipinski definition) is 0. The molecule has 13 rings (SSSR count). The van der Waals surface area contributed by atoms with Gasteiger partial charge in [-0.3, -0.25) is 9.36 Å². The Kier molecular flexibility index (Phi) is 8.30. The molecule has 0 amide bonds. The predicted octanol–water partition coefficient (Wildman–Crippen LogP) is 5.24. The van der Waals surface area contributed by atoms with E-state index in [1.54, 1.807) is 21.8 Å². The minimum absolute atomic E-state index is 0. The number of nitrogens with zero attached hydrogens (tertiary/aromatic N) is 4. The first-order valence-corrected chi connectivity index (χ1v) is 18.4. The average Bonchev–Trinajstić information content (AvgIpc) is 4.08. The van der Waals surface area contributed by atoms with E-state index in [0.29, 0.717) is 28.4 Å². The molecule has 0 saturated heterocycles. The third kappa shape index (κ3) is 5.48. The molecular formula is C46H20B2N4O5Pt2-6. The molecule has 4 aliphatic rings. The molecule has 0 saturated carbocycles. The van der Waals surface area contributed by atoms with Gasteiger partial charge in [-0.15, -0.1) is 82.2 Å². The molecule has 0 atom stereocenters. The fourth-order valence-corrected chi connectivity index (χ4v) is 8.37. The van der Waals surface area contributed by atoms with E-state index in [4.69, 9.17) is 23.4 Å². The van der Waals surface area contributed by atoms with E-state index >= 15 is 0 Å². The smallest absolute Gasteiger partial charge is 0.214 e. The van der Waals surface area contributed by atoms with Gasteiger partial charge in [0.1, 0.15) is 23.0 Å². The number of ether oxygens (including phenoxy) is 4. The zero-order chi connectivity index (χ0) is 37.2. The van der Waals surface area contributed by atoms with Crippen molar-refractivity contribution in [1.29, 1.82) is 0 Å². The molecule has 0 N–H and O–H groups in total. The van der Waals surface area contributed by atoms with Crippen LogP contribution in [0.1, 0.15) is 0 Å². The molecule has 286 valence electrons. The van der Waals surface area contributed by atoms with Crippen LogP contribution in [0.4, 0.5) is 0 Å². The van der Waals surface area contributed by atoms with Crippen molar-refractivity contribution in [2.75, 3.05) is 0 Å². The zero-order valence-corrected chi connectivity index (χ0v) is 34.7. The molecule has 7 heterocycles. The number of benzene rings is 6. The molecule has 9 aromatic rings. The van der Waals surface area contributed by atoms with Gasteiger partial charge in [0.2, 0.25) is 13.4 Å². The van der Waals surface area contributed by atoms with Crippen molar-refractivity contribution >= 4 is 46.2 Å². The van der Waals surface area contributed by atoms with Crippen molar-refractivity contribution < 1.29 is 65.5 Å². The third-order valence-corrected chi connectivity index (χ3v) is 10.9.